The van der Waals surface area contributed by atoms with Crippen LogP contribution in [0.15, 0.2) is 42.0 Å². The van der Waals surface area contributed by atoms with E-state index in [4.69, 9.17) is 14.7 Å². The first-order valence-corrected chi connectivity index (χ1v) is 12.1. The highest BCUT2D eigenvalue weighted by Crippen LogP contribution is 2.39. The van der Waals surface area contributed by atoms with Gasteiger partial charge in [-0.25, -0.2) is 4.79 Å². The van der Waals surface area contributed by atoms with Crippen LogP contribution in [0.25, 0.3) is 16.8 Å². The largest absolute Gasteiger partial charge is 0.478 e. The van der Waals surface area contributed by atoms with E-state index < -0.39 is 11.9 Å². The standard InChI is InChI=1S/C27H23N3O4S/c1-2-33-27(32)24-20-9-5-6-10-23(20)35-26(24)30-25(31)18(16-29)15-21-19-8-4-3-7-17(19)11-12-22(21)34-14-13-28/h3-4,7-8,11-12,15H,2,5-6,9-10,14H2,1H3,(H,30,31). The second-order valence-electron chi connectivity index (χ2n) is 7.90. The molecule has 0 atom stereocenters. The molecule has 0 fully saturated rings. The summed E-state index contributed by atoms with van der Waals surface area (Å²) >= 11 is 1.37. The number of nitrogens with one attached hydrogen (secondary N) is 1. The number of carbonyl (C=O) groups excluding carboxylic acids is 2. The van der Waals surface area contributed by atoms with Gasteiger partial charge in [0.15, 0.2) is 6.61 Å². The predicted molar refractivity (Wildman–Crippen MR) is 134 cm³/mol. The maximum absolute atomic E-state index is 13.2. The maximum atomic E-state index is 13.2. The molecular weight excluding hydrogens is 462 g/mol. The number of carbonyl (C=O) groups is 2. The van der Waals surface area contributed by atoms with E-state index in [2.05, 4.69) is 5.32 Å². The number of anilines is 1. The van der Waals surface area contributed by atoms with Crippen molar-refractivity contribution in [3.63, 3.8) is 0 Å². The molecule has 2 aromatic carbocycles. The number of rotatable bonds is 7. The average molecular weight is 486 g/mol. The number of fused-ring (bicyclic) bond motifs is 2. The highest BCUT2D eigenvalue weighted by atomic mass is 32.1. The van der Waals surface area contributed by atoms with Crippen LogP contribution < -0.4 is 10.1 Å². The number of nitrogens with zero attached hydrogens (tertiary/aromatic N) is 2. The van der Waals surface area contributed by atoms with E-state index in [9.17, 15) is 14.9 Å². The topological polar surface area (TPSA) is 112 Å². The van der Waals surface area contributed by atoms with Crippen molar-refractivity contribution in [3.8, 4) is 17.9 Å². The SMILES string of the molecule is CCOC(=O)c1c(NC(=O)C(C#N)=Cc2c(OCC#N)ccc3ccccc23)sc2c1CCCC2. The minimum atomic E-state index is -0.629. The van der Waals surface area contributed by atoms with Crippen molar-refractivity contribution in [2.24, 2.45) is 0 Å². The Kier molecular flexibility index (Phi) is 7.45. The molecule has 4 rings (SSSR count). The van der Waals surface area contributed by atoms with Gasteiger partial charge in [0.2, 0.25) is 0 Å². The molecule has 0 spiro atoms. The van der Waals surface area contributed by atoms with Gasteiger partial charge in [0.25, 0.3) is 5.91 Å². The molecule has 0 bridgehead atoms. The Morgan fingerprint density at radius 3 is 2.71 bits per heavy atom. The Balaban J connectivity index is 1.73. The predicted octanol–water partition coefficient (Wildman–Crippen LogP) is 5.40. The number of thiophene rings is 1. The second kappa shape index (κ2) is 10.9. The number of benzene rings is 2. The fraction of sp³-hybridized carbons (Fsp3) is 0.259. The van der Waals surface area contributed by atoms with Gasteiger partial charge < -0.3 is 14.8 Å². The van der Waals surface area contributed by atoms with E-state index in [1.165, 1.54) is 17.4 Å². The highest BCUT2D eigenvalue weighted by molar-refractivity contribution is 7.17. The third-order valence-corrected chi connectivity index (χ3v) is 6.96. The number of hydrogen-bond acceptors (Lipinski definition) is 7. The molecule has 1 aromatic heterocycles. The molecule has 0 unspecified atom stereocenters. The van der Waals surface area contributed by atoms with Gasteiger partial charge in [0, 0.05) is 10.4 Å². The van der Waals surface area contributed by atoms with Crippen LogP contribution >= 0.6 is 11.3 Å². The Bertz CT molecular complexity index is 1410. The molecule has 1 heterocycles. The number of ether oxygens (including phenoxy) is 2. The first kappa shape index (κ1) is 24.0. The maximum Gasteiger partial charge on any atom is 0.341 e. The number of esters is 1. The Morgan fingerprint density at radius 1 is 1.14 bits per heavy atom. The summed E-state index contributed by atoms with van der Waals surface area (Å²) in [4.78, 5) is 27.0. The number of nitriles is 2. The monoisotopic (exact) mass is 485 g/mol. The molecule has 3 aromatic rings. The van der Waals surface area contributed by atoms with Gasteiger partial charge in [-0.1, -0.05) is 30.3 Å². The Labute approximate surface area is 207 Å². The average Bonchev–Trinajstić information content (AvgIpc) is 3.24. The summed E-state index contributed by atoms with van der Waals surface area (Å²) in [5.74, 6) is -0.702. The fourth-order valence-corrected chi connectivity index (χ4v) is 5.47. The van der Waals surface area contributed by atoms with Crippen molar-refractivity contribution >= 4 is 45.1 Å². The molecule has 176 valence electrons. The van der Waals surface area contributed by atoms with Crippen molar-refractivity contribution in [3.05, 3.63) is 63.5 Å². The fourth-order valence-electron chi connectivity index (χ4n) is 4.20. The molecule has 8 heteroatoms. The third kappa shape index (κ3) is 5.03. The summed E-state index contributed by atoms with van der Waals surface area (Å²) < 4.78 is 10.8. The number of aryl methyl sites for hydroxylation is 1. The van der Waals surface area contributed by atoms with Crippen LogP contribution in [0, 0.1) is 22.7 Å². The van der Waals surface area contributed by atoms with Gasteiger partial charge in [-0.2, -0.15) is 10.5 Å². The van der Waals surface area contributed by atoms with E-state index >= 15 is 0 Å². The summed E-state index contributed by atoms with van der Waals surface area (Å²) in [6.45, 7) is 1.80. The van der Waals surface area contributed by atoms with Crippen molar-refractivity contribution in [1.29, 1.82) is 10.5 Å². The summed E-state index contributed by atoms with van der Waals surface area (Å²) in [5, 5.41) is 23.7. The molecule has 35 heavy (non-hydrogen) atoms. The Hall–Kier alpha value is -4.14. The van der Waals surface area contributed by atoms with Crippen molar-refractivity contribution < 1.29 is 19.1 Å². The first-order chi connectivity index (χ1) is 17.1. The lowest BCUT2D eigenvalue weighted by atomic mass is 9.95. The van der Waals surface area contributed by atoms with E-state index in [1.807, 2.05) is 42.5 Å². The highest BCUT2D eigenvalue weighted by Gasteiger charge is 2.28. The van der Waals surface area contributed by atoms with Crippen molar-refractivity contribution in [2.45, 2.75) is 32.6 Å². The van der Waals surface area contributed by atoms with Crippen LogP contribution in [0.2, 0.25) is 0 Å². The van der Waals surface area contributed by atoms with Crippen LogP contribution in [0.5, 0.6) is 5.75 Å². The van der Waals surface area contributed by atoms with Gasteiger partial charge in [-0.05, 0) is 61.1 Å². The lowest BCUT2D eigenvalue weighted by Crippen LogP contribution is -2.16. The van der Waals surface area contributed by atoms with E-state index in [-0.39, 0.29) is 18.8 Å². The quantitative estimate of drug-likeness (QED) is 0.272. The van der Waals surface area contributed by atoms with Crippen molar-refractivity contribution in [2.75, 3.05) is 18.5 Å². The molecule has 0 aliphatic heterocycles. The van der Waals surface area contributed by atoms with Gasteiger partial charge in [0.05, 0.1) is 12.2 Å². The van der Waals surface area contributed by atoms with Gasteiger partial charge in [-0.15, -0.1) is 11.3 Å². The van der Waals surface area contributed by atoms with Gasteiger partial charge in [0.1, 0.15) is 28.5 Å². The Morgan fingerprint density at radius 2 is 1.94 bits per heavy atom. The smallest absolute Gasteiger partial charge is 0.341 e. The zero-order valence-electron chi connectivity index (χ0n) is 19.2. The molecule has 1 N–H and O–H groups in total. The number of hydrogen-bond donors (Lipinski definition) is 1. The first-order valence-electron chi connectivity index (χ1n) is 11.3. The van der Waals surface area contributed by atoms with Crippen LogP contribution in [-0.4, -0.2) is 25.1 Å². The normalized spacial score (nSPS) is 12.8. The molecule has 7 nitrogen and oxygen atoms in total. The van der Waals surface area contributed by atoms with Crippen molar-refractivity contribution in [1.82, 2.24) is 0 Å². The van der Waals surface area contributed by atoms with E-state index in [0.29, 0.717) is 21.9 Å². The molecule has 1 aliphatic carbocycles. The zero-order valence-corrected chi connectivity index (χ0v) is 20.0. The number of amides is 1. The van der Waals surface area contributed by atoms with E-state index in [0.717, 1.165) is 46.9 Å². The second-order valence-corrected chi connectivity index (χ2v) is 9.01. The van der Waals surface area contributed by atoms with Crippen LogP contribution in [0.1, 0.15) is 46.1 Å². The van der Waals surface area contributed by atoms with Crippen LogP contribution in [0.3, 0.4) is 0 Å². The molecule has 1 amide bonds. The third-order valence-electron chi connectivity index (χ3n) is 5.75. The minimum Gasteiger partial charge on any atom is -0.478 e. The summed E-state index contributed by atoms with van der Waals surface area (Å²) in [6.07, 6.45) is 5.06. The molecule has 0 saturated heterocycles. The lowest BCUT2D eigenvalue weighted by molar-refractivity contribution is -0.112. The van der Waals surface area contributed by atoms with Gasteiger partial charge in [-0.3, -0.25) is 4.79 Å². The lowest BCUT2D eigenvalue weighted by Gasteiger charge is -2.12. The zero-order chi connectivity index (χ0) is 24.8. The molecular formula is C27H23N3O4S. The summed E-state index contributed by atoms with van der Waals surface area (Å²) in [7, 11) is 0. The summed E-state index contributed by atoms with van der Waals surface area (Å²) in [5.41, 5.74) is 1.70. The minimum absolute atomic E-state index is 0.149. The van der Waals surface area contributed by atoms with Gasteiger partial charge >= 0.3 is 5.97 Å². The van der Waals surface area contributed by atoms with Crippen LogP contribution in [0.4, 0.5) is 5.00 Å². The van der Waals surface area contributed by atoms with Crippen LogP contribution in [-0.2, 0) is 22.4 Å². The molecule has 0 saturated carbocycles. The summed E-state index contributed by atoms with van der Waals surface area (Å²) in [6, 6.07) is 15.0. The molecule has 1 aliphatic rings. The van der Waals surface area contributed by atoms with E-state index in [1.54, 1.807) is 13.0 Å². The molecule has 0 radical (unpaired) electrons.